The van der Waals surface area contributed by atoms with Crippen LogP contribution in [-0.2, 0) is 0 Å². The van der Waals surface area contributed by atoms with Crippen molar-refractivity contribution in [3.05, 3.63) is 35.4 Å². The molecule has 1 N–H and O–H groups in total. The lowest BCUT2D eigenvalue weighted by Gasteiger charge is -2.14. The van der Waals surface area contributed by atoms with Gasteiger partial charge in [0.25, 0.3) is 0 Å². The average Bonchev–Trinajstić information content (AvgIpc) is 2.01. The van der Waals surface area contributed by atoms with E-state index in [1.807, 2.05) is 0 Å². The van der Waals surface area contributed by atoms with Crippen molar-refractivity contribution in [2.24, 2.45) is 0 Å². The number of hydrogen-bond donors (Lipinski definition) is 1. The fourth-order valence-electron chi connectivity index (χ4n) is 1.03. The molecule has 0 spiro atoms. The zero-order valence-corrected chi connectivity index (χ0v) is 6.97. The Balaban J connectivity index is 2.96. The minimum absolute atomic E-state index is 0.118. The molecule has 0 aliphatic carbocycles. The molecule has 0 aliphatic rings. The zero-order chi connectivity index (χ0) is 10.1. The van der Waals surface area contributed by atoms with Gasteiger partial charge in [0, 0.05) is 0 Å². The summed E-state index contributed by atoms with van der Waals surface area (Å²) >= 11 is 0. The third kappa shape index (κ3) is 2.45. The second-order valence-electron chi connectivity index (χ2n) is 2.86. The fourth-order valence-corrected chi connectivity index (χ4v) is 1.03. The molecule has 0 saturated carbocycles. The van der Waals surface area contributed by atoms with Gasteiger partial charge in [-0.05, 0) is 12.5 Å². The standard InChI is InChI=1S/C9H9F3O/c1-6-3-2-4-7(5-6)8(13)9(10,11)12/h2-5,8,13H,1H3/t8-/m0/s1. The number of hydrogen-bond acceptors (Lipinski definition) is 1. The zero-order valence-electron chi connectivity index (χ0n) is 6.97. The van der Waals surface area contributed by atoms with E-state index in [0.29, 0.717) is 5.56 Å². The smallest absolute Gasteiger partial charge is 0.379 e. The molecule has 0 radical (unpaired) electrons. The molecule has 0 saturated heterocycles. The van der Waals surface area contributed by atoms with Gasteiger partial charge < -0.3 is 5.11 Å². The van der Waals surface area contributed by atoms with E-state index in [0.717, 1.165) is 0 Å². The van der Waals surface area contributed by atoms with Gasteiger partial charge in [-0.3, -0.25) is 0 Å². The molecular formula is C9H9F3O. The lowest BCUT2D eigenvalue weighted by Crippen LogP contribution is -2.20. The Morgan fingerprint density at radius 3 is 2.38 bits per heavy atom. The first-order valence-electron chi connectivity index (χ1n) is 3.72. The predicted molar refractivity (Wildman–Crippen MR) is 42.2 cm³/mol. The number of aliphatic hydroxyl groups excluding tert-OH is 1. The molecule has 0 amide bonds. The summed E-state index contributed by atoms with van der Waals surface area (Å²) in [6.07, 6.45) is -6.97. The molecule has 72 valence electrons. The molecule has 1 nitrogen and oxygen atoms in total. The van der Waals surface area contributed by atoms with Gasteiger partial charge in [0.2, 0.25) is 0 Å². The number of rotatable bonds is 1. The Kier molecular flexibility index (Phi) is 2.61. The molecular weight excluding hydrogens is 181 g/mol. The fraction of sp³-hybridized carbons (Fsp3) is 0.333. The van der Waals surface area contributed by atoms with Crippen molar-refractivity contribution in [3.63, 3.8) is 0 Å². The van der Waals surface area contributed by atoms with Gasteiger partial charge >= 0.3 is 6.18 Å². The summed E-state index contributed by atoms with van der Waals surface area (Å²) < 4.78 is 36.0. The third-order valence-electron chi connectivity index (χ3n) is 1.67. The summed E-state index contributed by atoms with van der Waals surface area (Å²) in [6, 6.07) is 5.73. The van der Waals surface area contributed by atoms with Gasteiger partial charge in [-0.25, -0.2) is 0 Å². The quantitative estimate of drug-likeness (QED) is 0.721. The summed E-state index contributed by atoms with van der Waals surface area (Å²) in [4.78, 5) is 0. The van der Waals surface area contributed by atoms with Crippen LogP contribution in [0.1, 0.15) is 17.2 Å². The SMILES string of the molecule is Cc1cccc([C@H](O)C(F)(F)F)c1. The summed E-state index contributed by atoms with van der Waals surface area (Å²) in [5, 5.41) is 8.86. The summed E-state index contributed by atoms with van der Waals surface area (Å²) in [7, 11) is 0. The highest BCUT2D eigenvalue weighted by atomic mass is 19.4. The predicted octanol–water partition coefficient (Wildman–Crippen LogP) is 2.59. The van der Waals surface area contributed by atoms with Crippen LogP contribution in [0.15, 0.2) is 24.3 Å². The van der Waals surface area contributed by atoms with E-state index in [1.165, 1.54) is 18.2 Å². The number of aryl methyl sites for hydroxylation is 1. The molecule has 0 fully saturated rings. The second-order valence-corrected chi connectivity index (χ2v) is 2.86. The Morgan fingerprint density at radius 1 is 1.31 bits per heavy atom. The normalized spacial score (nSPS) is 14.2. The summed E-state index contributed by atoms with van der Waals surface area (Å²) in [5.74, 6) is 0. The number of aliphatic hydroxyl groups is 1. The van der Waals surface area contributed by atoms with Crippen LogP contribution in [0.5, 0.6) is 0 Å². The minimum atomic E-state index is -4.59. The van der Waals surface area contributed by atoms with E-state index in [2.05, 4.69) is 0 Å². The largest absolute Gasteiger partial charge is 0.418 e. The number of benzene rings is 1. The molecule has 1 rings (SSSR count). The molecule has 0 heterocycles. The lowest BCUT2D eigenvalue weighted by atomic mass is 10.1. The van der Waals surface area contributed by atoms with Crippen LogP contribution in [0.4, 0.5) is 13.2 Å². The topological polar surface area (TPSA) is 20.2 Å². The Bertz CT molecular complexity index is 293. The van der Waals surface area contributed by atoms with E-state index in [4.69, 9.17) is 5.11 Å². The molecule has 0 aromatic heterocycles. The molecule has 1 aromatic carbocycles. The van der Waals surface area contributed by atoms with Gasteiger partial charge in [-0.2, -0.15) is 13.2 Å². The van der Waals surface area contributed by atoms with Gasteiger partial charge in [0.05, 0.1) is 0 Å². The molecule has 0 aliphatic heterocycles. The average molecular weight is 190 g/mol. The highest BCUT2D eigenvalue weighted by Gasteiger charge is 2.39. The van der Waals surface area contributed by atoms with Crippen molar-refractivity contribution in [3.8, 4) is 0 Å². The lowest BCUT2D eigenvalue weighted by molar-refractivity contribution is -0.206. The van der Waals surface area contributed by atoms with Crippen molar-refractivity contribution >= 4 is 0 Å². The van der Waals surface area contributed by atoms with E-state index in [-0.39, 0.29) is 5.56 Å². The Hall–Kier alpha value is -1.03. The highest BCUT2D eigenvalue weighted by Crippen LogP contribution is 2.32. The van der Waals surface area contributed by atoms with E-state index in [1.54, 1.807) is 13.0 Å². The third-order valence-corrected chi connectivity index (χ3v) is 1.67. The monoisotopic (exact) mass is 190 g/mol. The van der Waals surface area contributed by atoms with Crippen LogP contribution in [0.2, 0.25) is 0 Å². The van der Waals surface area contributed by atoms with Gasteiger partial charge in [-0.1, -0.05) is 29.8 Å². The minimum Gasteiger partial charge on any atom is -0.379 e. The first-order chi connectivity index (χ1) is 5.91. The first kappa shape index (κ1) is 10.1. The molecule has 0 bridgehead atoms. The van der Waals surface area contributed by atoms with Gasteiger partial charge in [-0.15, -0.1) is 0 Å². The van der Waals surface area contributed by atoms with Crippen molar-refractivity contribution in [2.75, 3.05) is 0 Å². The Morgan fingerprint density at radius 2 is 1.92 bits per heavy atom. The second kappa shape index (κ2) is 3.38. The number of alkyl halides is 3. The van der Waals surface area contributed by atoms with Crippen molar-refractivity contribution in [1.29, 1.82) is 0 Å². The maximum absolute atomic E-state index is 12.0. The van der Waals surface area contributed by atoms with Crippen molar-refractivity contribution in [1.82, 2.24) is 0 Å². The summed E-state index contributed by atoms with van der Waals surface area (Å²) in [5.41, 5.74) is 0.577. The van der Waals surface area contributed by atoms with E-state index >= 15 is 0 Å². The van der Waals surface area contributed by atoms with Crippen LogP contribution in [0.3, 0.4) is 0 Å². The molecule has 1 aromatic rings. The van der Waals surface area contributed by atoms with Gasteiger partial charge in [0.15, 0.2) is 6.10 Å². The highest BCUT2D eigenvalue weighted by molar-refractivity contribution is 5.24. The Labute approximate surface area is 73.8 Å². The van der Waals surface area contributed by atoms with Crippen molar-refractivity contribution in [2.45, 2.75) is 19.2 Å². The van der Waals surface area contributed by atoms with Crippen LogP contribution in [0, 0.1) is 6.92 Å². The first-order valence-corrected chi connectivity index (χ1v) is 3.72. The number of halogens is 3. The maximum Gasteiger partial charge on any atom is 0.418 e. The van der Waals surface area contributed by atoms with Crippen LogP contribution in [-0.4, -0.2) is 11.3 Å². The molecule has 0 unspecified atom stereocenters. The van der Waals surface area contributed by atoms with Gasteiger partial charge in [0.1, 0.15) is 0 Å². The van der Waals surface area contributed by atoms with Crippen LogP contribution < -0.4 is 0 Å². The maximum atomic E-state index is 12.0. The van der Waals surface area contributed by atoms with E-state index in [9.17, 15) is 13.2 Å². The summed E-state index contributed by atoms with van der Waals surface area (Å²) in [6.45, 7) is 1.67. The van der Waals surface area contributed by atoms with Crippen LogP contribution in [0.25, 0.3) is 0 Å². The van der Waals surface area contributed by atoms with Crippen LogP contribution >= 0.6 is 0 Å². The van der Waals surface area contributed by atoms with Crippen molar-refractivity contribution < 1.29 is 18.3 Å². The molecule has 4 heteroatoms. The van der Waals surface area contributed by atoms with E-state index < -0.39 is 12.3 Å². The molecule has 1 atom stereocenters. The molecule has 13 heavy (non-hydrogen) atoms.